The molecule has 0 saturated carbocycles. The van der Waals surface area contributed by atoms with Gasteiger partial charge < -0.3 is 16.0 Å². The highest BCUT2D eigenvalue weighted by molar-refractivity contribution is 5.93. The Kier molecular flexibility index (Phi) is 3.99. The molecule has 0 aliphatic carbocycles. The summed E-state index contributed by atoms with van der Waals surface area (Å²) in [5.41, 5.74) is 8.19. The molecule has 3 N–H and O–H groups in total. The van der Waals surface area contributed by atoms with Gasteiger partial charge in [0.15, 0.2) is 0 Å². The number of benzene rings is 1. The van der Waals surface area contributed by atoms with Crippen molar-refractivity contribution in [3.63, 3.8) is 0 Å². The average molecular weight is 247 g/mol. The molecule has 1 aliphatic heterocycles. The third kappa shape index (κ3) is 3.09. The highest BCUT2D eigenvalue weighted by Gasteiger charge is 2.18. The van der Waals surface area contributed by atoms with E-state index >= 15 is 0 Å². The molecule has 98 valence electrons. The minimum Gasteiger partial charge on any atom is -0.366 e. The summed E-state index contributed by atoms with van der Waals surface area (Å²) >= 11 is 0. The molecule has 1 aromatic rings. The molecule has 1 aliphatic rings. The summed E-state index contributed by atoms with van der Waals surface area (Å²) in [5.74, 6) is -0.366. The standard InChI is InChI=1S/C14H21N3O/c1-10-7-11(14(15)18)3-4-12(10)8-16-13-5-6-17(2)9-13/h3-4,7,13,16H,5-6,8-9H2,1-2H3,(H2,15,18). The van der Waals surface area contributed by atoms with E-state index in [1.165, 1.54) is 12.0 Å². The zero-order chi connectivity index (χ0) is 13.1. The second-order valence-electron chi connectivity index (χ2n) is 5.13. The number of primary amides is 1. The summed E-state index contributed by atoms with van der Waals surface area (Å²) in [6.45, 7) is 5.14. The molecular weight excluding hydrogens is 226 g/mol. The fraction of sp³-hybridized carbons (Fsp3) is 0.500. The van der Waals surface area contributed by atoms with Crippen molar-refractivity contribution in [2.75, 3.05) is 20.1 Å². The lowest BCUT2D eigenvalue weighted by atomic mass is 10.0. The van der Waals surface area contributed by atoms with Crippen LogP contribution in [0.5, 0.6) is 0 Å². The number of hydrogen-bond donors (Lipinski definition) is 2. The van der Waals surface area contributed by atoms with E-state index in [-0.39, 0.29) is 5.91 Å². The number of nitrogens with one attached hydrogen (secondary N) is 1. The number of aryl methyl sites for hydroxylation is 1. The lowest BCUT2D eigenvalue weighted by molar-refractivity contribution is 0.1000. The molecule has 0 spiro atoms. The van der Waals surface area contributed by atoms with Gasteiger partial charge in [0.1, 0.15) is 0 Å². The lowest BCUT2D eigenvalue weighted by Gasteiger charge is -2.14. The van der Waals surface area contributed by atoms with E-state index in [2.05, 4.69) is 17.3 Å². The molecule has 1 unspecified atom stereocenters. The molecule has 1 saturated heterocycles. The van der Waals surface area contributed by atoms with Crippen LogP contribution in [0.2, 0.25) is 0 Å². The molecule has 2 rings (SSSR count). The maximum Gasteiger partial charge on any atom is 0.248 e. The Morgan fingerprint density at radius 2 is 2.33 bits per heavy atom. The van der Waals surface area contributed by atoms with E-state index in [4.69, 9.17) is 5.73 Å². The summed E-state index contributed by atoms with van der Waals surface area (Å²) in [6.07, 6.45) is 1.20. The lowest BCUT2D eigenvalue weighted by Crippen LogP contribution is -2.31. The van der Waals surface area contributed by atoms with Crippen LogP contribution in [0.1, 0.15) is 27.9 Å². The highest BCUT2D eigenvalue weighted by atomic mass is 16.1. The first-order valence-corrected chi connectivity index (χ1v) is 6.37. The van der Waals surface area contributed by atoms with E-state index < -0.39 is 0 Å². The number of rotatable bonds is 4. The van der Waals surface area contributed by atoms with E-state index in [9.17, 15) is 4.79 Å². The summed E-state index contributed by atoms with van der Waals surface area (Å²) in [4.78, 5) is 13.4. The molecule has 4 heteroatoms. The molecule has 0 radical (unpaired) electrons. The maximum atomic E-state index is 11.1. The number of nitrogens with zero attached hydrogens (tertiary/aromatic N) is 1. The minimum absolute atomic E-state index is 0.366. The Morgan fingerprint density at radius 3 is 2.89 bits per heavy atom. The Morgan fingerprint density at radius 1 is 1.56 bits per heavy atom. The number of nitrogens with two attached hydrogens (primary N) is 1. The van der Waals surface area contributed by atoms with E-state index in [1.54, 1.807) is 6.07 Å². The van der Waals surface area contributed by atoms with Gasteiger partial charge in [0.05, 0.1) is 0 Å². The second kappa shape index (κ2) is 5.50. The normalized spacial score (nSPS) is 20.2. The van der Waals surface area contributed by atoms with Crippen LogP contribution in [0.4, 0.5) is 0 Å². The largest absolute Gasteiger partial charge is 0.366 e. The quantitative estimate of drug-likeness (QED) is 0.830. The van der Waals surface area contributed by atoms with Crippen molar-refractivity contribution in [1.82, 2.24) is 10.2 Å². The number of likely N-dealkylation sites (tertiary alicyclic amines) is 1. The van der Waals surface area contributed by atoms with Crippen molar-refractivity contribution in [3.8, 4) is 0 Å². The van der Waals surface area contributed by atoms with E-state index in [0.717, 1.165) is 25.2 Å². The predicted octanol–water partition coefficient (Wildman–Crippen LogP) is 0.888. The van der Waals surface area contributed by atoms with Crippen molar-refractivity contribution in [3.05, 3.63) is 34.9 Å². The van der Waals surface area contributed by atoms with Gasteiger partial charge in [0, 0.05) is 24.7 Å². The number of hydrogen-bond acceptors (Lipinski definition) is 3. The SMILES string of the molecule is Cc1cc(C(N)=O)ccc1CNC1CCN(C)C1. The van der Waals surface area contributed by atoms with Gasteiger partial charge in [-0.15, -0.1) is 0 Å². The first-order valence-electron chi connectivity index (χ1n) is 6.37. The molecule has 4 nitrogen and oxygen atoms in total. The van der Waals surface area contributed by atoms with Crippen LogP contribution in [0.25, 0.3) is 0 Å². The summed E-state index contributed by atoms with van der Waals surface area (Å²) in [5, 5.41) is 3.56. The molecular formula is C14H21N3O. The zero-order valence-corrected chi connectivity index (χ0v) is 11.1. The fourth-order valence-electron chi connectivity index (χ4n) is 2.40. The predicted molar refractivity (Wildman–Crippen MR) is 72.4 cm³/mol. The van der Waals surface area contributed by atoms with E-state index in [0.29, 0.717) is 11.6 Å². The molecule has 1 heterocycles. The van der Waals surface area contributed by atoms with Crippen molar-refractivity contribution < 1.29 is 4.79 Å². The van der Waals surface area contributed by atoms with Crippen LogP contribution in [0.15, 0.2) is 18.2 Å². The molecule has 1 fully saturated rings. The minimum atomic E-state index is -0.366. The Labute approximate surface area is 108 Å². The van der Waals surface area contributed by atoms with E-state index in [1.807, 2.05) is 19.1 Å². The number of carbonyl (C=O) groups is 1. The topological polar surface area (TPSA) is 58.4 Å². The number of carbonyl (C=O) groups excluding carboxylic acids is 1. The van der Waals surface area contributed by atoms with Gasteiger partial charge in [-0.1, -0.05) is 6.07 Å². The van der Waals surface area contributed by atoms with Crippen molar-refractivity contribution in [1.29, 1.82) is 0 Å². The fourth-order valence-corrected chi connectivity index (χ4v) is 2.40. The van der Waals surface area contributed by atoms with Crippen molar-refractivity contribution >= 4 is 5.91 Å². The van der Waals surface area contributed by atoms with Crippen LogP contribution < -0.4 is 11.1 Å². The molecule has 0 aromatic heterocycles. The molecule has 1 amide bonds. The van der Waals surface area contributed by atoms with Gasteiger partial charge in [-0.2, -0.15) is 0 Å². The second-order valence-corrected chi connectivity index (χ2v) is 5.13. The summed E-state index contributed by atoms with van der Waals surface area (Å²) in [6, 6.07) is 6.22. The Balaban J connectivity index is 1.95. The molecule has 1 atom stereocenters. The van der Waals surface area contributed by atoms with Gasteiger partial charge in [-0.05, 0) is 50.2 Å². The first kappa shape index (κ1) is 13.1. The monoisotopic (exact) mass is 247 g/mol. The smallest absolute Gasteiger partial charge is 0.248 e. The third-order valence-electron chi connectivity index (χ3n) is 3.60. The van der Waals surface area contributed by atoms with Crippen LogP contribution in [-0.4, -0.2) is 37.0 Å². The zero-order valence-electron chi connectivity index (χ0n) is 11.1. The van der Waals surface area contributed by atoms with Crippen molar-refractivity contribution in [2.24, 2.45) is 5.73 Å². The van der Waals surface area contributed by atoms with Crippen LogP contribution >= 0.6 is 0 Å². The van der Waals surface area contributed by atoms with Crippen molar-refractivity contribution in [2.45, 2.75) is 25.9 Å². The average Bonchev–Trinajstić information content (AvgIpc) is 2.73. The van der Waals surface area contributed by atoms with Crippen LogP contribution in [0, 0.1) is 6.92 Å². The van der Waals surface area contributed by atoms with Crippen LogP contribution in [-0.2, 0) is 6.54 Å². The third-order valence-corrected chi connectivity index (χ3v) is 3.60. The summed E-state index contributed by atoms with van der Waals surface area (Å²) in [7, 11) is 2.15. The van der Waals surface area contributed by atoms with Gasteiger partial charge >= 0.3 is 0 Å². The van der Waals surface area contributed by atoms with Gasteiger partial charge in [-0.25, -0.2) is 0 Å². The Bertz CT molecular complexity index is 445. The highest BCUT2D eigenvalue weighted by Crippen LogP contribution is 2.12. The number of amides is 1. The first-order chi connectivity index (χ1) is 8.56. The van der Waals surface area contributed by atoms with Gasteiger partial charge in [-0.3, -0.25) is 4.79 Å². The van der Waals surface area contributed by atoms with Crippen LogP contribution in [0.3, 0.4) is 0 Å². The molecule has 1 aromatic carbocycles. The summed E-state index contributed by atoms with van der Waals surface area (Å²) < 4.78 is 0. The number of likely N-dealkylation sites (N-methyl/N-ethyl adjacent to an activating group) is 1. The molecule has 18 heavy (non-hydrogen) atoms. The Hall–Kier alpha value is -1.39. The molecule has 0 bridgehead atoms. The maximum absolute atomic E-state index is 11.1. The van der Waals surface area contributed by atoms with Gasteiger partial charge in [0.25, 0.3) is 0 Å². The van der Waals surface area contributed by atoms with Gasteiger partial charge in [0.2, 0.25) is 5.91 Å².